The lowest BCUT2D eigenvalue weighted by molar-refractivity contribution is -0.112. The molecular weight excluding hydrogens is 562 g/mol. The summed E-state index contributed by atoms with van der Waals surface area (Å²) in [4.78, 5) is 12.7. The molecular formula is C24H17Cl2IN2O3. The summed E-state index contributed by atoms with van der Waals surface area (Å²) in [5.74, 6) is 0.345. The molecule has 0 saturated heterocycles. The van der Waals surface area contributed by atoms with Crippen LogP contribution < -0.4 is 14.8 Å². The lowest BCUT2D eigenvalue weighted by atomic mass is 10.1. The van der Waals surface area contributed by atoms with E-state index in [1.807, 2.05) is 24.3 Å². The fourth-order valence-electron chi connectivity index (χ4n) is 2.82. The van der Waals surface area contributed by atoms with Gasteiger partial charge in [0.05, 0.1) is 17.2 Å². The number of anilines is 1. The monoisotopic (exact) mass is 578 g/mol. The van der Waals surface area contributed by atoms with E-state index in [2.05, 4.69) is 27.9 Å². The van der Waals surface area contributed by atoms with Crippen LogP contribution in [-0.2, 0) is 11.4 Å². The molecule has 0 fully saturated rings. The van der Waals surface area contributed by atoms with Gasteiger partial charge < -0.3 is 14.8 Å². The molecule has 32 heavy (non-hydrogen) atoms. The molecule has 0 aliphatic carbocycles. The van der Waals surface area contributed by atoms with E-state index in [4.69, 9.17) is 32.7 Å². The molecule has 0 atom stereocenters. The topological polar surface area (TPSA) is 71.3 Å². The maximum Gasteiger partial charge on any atom is 0.266 e. The second kappa shape index (κ2) is 11.2. The maximum absolute atomic E-state index is 12.7. The van der Waals surface area contributed by atoms with Gasteiger partial charge in [-0.15, -0.1) is 0 Å². The number of rotatable bonds is 7. The van der Waals surface area contributed by atoms with Gasteiger partial charge in [0.1, 0.15) is 18.2 Å². The fraction of sp³-hybridized carbons (Fsp3) is 0.0833. The maximum atomic E-state index is 12.7. The van der Waals surface area contributed by atoms with Crippen molar-refractivity contribution in [3.05, 3.63) is 91.0 Å². The van der Waals surface area contributed by atoms with Gasteiger partial charge in [-0.05, 0) is 70.6 Å². The molecule has 3 rings (SSSR count). The molecule has 1 amide bonds. The van der Waals surface area contributed by atoms with Crippen molar-refractivity contribution in [3.8, 4) is 17.6 Å². The molecule has 3 aromatic carbocycles. The highest BCUT2D eigenvalue weighted by molar-refractivity contribution is 14.1. The SMILES string of the molecule is COc1cccc(/C=C(\C#N)C(=O)Nc2cccc(I)c2)c1OCc1ccc(Cl)c(Cl)c1. The third-order valence-electron chi connectivity index (χ3n) is 4.34. The first-order valence-corrected chi connectivity index (χ1v) is 11.2. The highest BCUT2D eigenvalue weighted by atomic mass is 127. The lowest BCUT2D eigenvalue weighted by Gasteiger charge is -2.14. The molecule has 0 bridgehead atoms. The second-order valence-electron chi connectivity index (χ2n) is 6.55. The van der Waals surface area contributed by atoms with Crippen LogP contribution in [0.4, 0.5) is 5.69 Å². The first kappa shape index (κ1) is 23.9. The average Bonchev–Trinajstić information content (AvgIpc) is 2.78. The number of carbonyl (C=O) groups is 1. The van der Waals surface area contributed by atoms with Crippen molar-refractivity contribution in [2.24, 2.45) is 0 Å². The number of halogens is 3. The zero-order valence-electron chi connectivity index (χ0n) is 16.9. The average molecular weight is 579 g/mol. The first-order chi connectivity index (χ1) is 15.4. The van der Waals surface area contributed by atoms with Crippen LogP contribution in [0.2, 0.25) is 10.0 Å². The standard InChI is InChI=1S/C24H17Cl2IN2O3/c1-31-22-7-2-4-16(23(22)32-14-15-8-9-20(25)21(26)10-15)11-17(13-28)24(30)29-19-6-3-5-18(27)12-19/h2-12H,14H2,1H3,(H,29,30)/b17-11+. The van der Waals surface area contributed by atoms with E-state index in [0.29, 0.717) is 32.8 Å². The number of nitrogens with zero attached hydrogens (tertiary/aromatic N) is 1. The lowest BCUT2D eigenvalue weighted by Crippen LogP contribution is -2.13. The Balaban J connectivity index is 1.88. The molecule has 0 aromatic heterocycles. The quantitative estimate of drug-likeness (QED) is 0.192. The number of ether oxygens (including phenoxy) is 2. The van der Waals surface area contributed by atoms with Crippen LogP contribution in [0.1, 0.15) is 11.1 Å². The van der Waals surface area contributed by atoms with E-state index in [1.54, 1.807) is 42.5 Å². The molecule has 0 aliphatic heterocycles. The van der Waals surface area contributed by atoms with Crippen molar-refractivity contribution < 1.29 is 14.3 Å². The number of methoxy groups -OCH3 is 1. The number of para-hydroxylation sites is 1. The number of carbonyl (C=O) groups excluding carboxylic acids is 1. The molecule has 5 nitrogen and oxygen atoms in total. The van der Waals surface area contributed by atoms with Crippen molar-refractivity contribution >= 4 is 63.5 Å². The minimum atomic E-state index is -0.521. The Morgan fingerprint density at radius 2 is 1.91 bits per heavy atom. The normalized spacial score (nSPS) is 10.9. The first-order valence-electron chi connectivity index (χ1n) is 9.33. The second-order valence-corrected chi connectivity index (χ2v) is 8.61. The fourth-order valence-corrected chi connectivity index (χ4v) is 3.68. The largest absolute Gasteiger partial charge is 0.493 e. The predicted molar refractivity (Wildman–Crippen MR) is 135 cm³/mol. The number of benzene rings is 3. The molecule has 0 heterocycles. The molecule has 0 unspecified atom stereocenters. The van der Waals surface area contributed by atoms with E-state index in [-0.39, 0.29) is 12.2 Å². The summed E-state index contributed by atoms with van der Waals surface area (Å²) < 4.78 is 12.4. The van der Waals surface area contributed by atoms with Gasteiger partial charge >= 0.3 is 0 Å². The summed E-state index contributed by atoms with van der Waals surface area (Å²) in [6.45, 7) is 0.189. The van der Waals surface area contributed by atoms with E-state index in [9.17, 15) is 10.1 Å². The zero-order valence-corrected chi connectivity index (χ0v) is 20.5. The van der Waals surface area contributed by atoms with E-state index >= 15 is 0 Å². The Hall–Kier alpha value is -2.73. The summed E-state index contributed by atoms with van der Waals surface area (Å²) >= 11 is 14.2. The molecule has 0 aliphatic rings. The summed E-state index contributed by atoms with van der Waals surface area (Å²) in [6, 6.07) is 19.7. The molecule has 1 N–H and O–H groups in total. The van der Waals surface area contributed by atoms with Crippen LogP contribution in [0.3, 0.4) is 0 Å². The number of hydrogen-bond donors (Lipinski definition) is 1. The van der Waals surface area contributed by atoms with Gasteiger partial charge in [-0.2, -0.15) is 5.26 Å². The number of hydrogen-bond acceptors (Lipinski definition) is 4. The summed E-state index contributed by atoms with van der Waals surface area (Å²) in [5, 5.41) is 13.2. The Morgan fingerprint density at radius 3 is 2.59 bits per heavy atom. The highest BCUT2D eigenvalue weighted by Gasteiger charge is 2.15. The summed E-state index contributed by atoms with van der Waals surface area (Å²) in [5.41, 5.74) is 1.86. The summed E-state index contributed by atoms with van der Waals surface area (Å²) in [7, 11) is 1.52. The minimum Gasteiger partial charge on any atom is -0.493 e. The molecule has 162 valence electrons. The molecule has 0 spiro atoms. The van der Waals surface area contributed by atoms with Crippen LogP contribution >= 0.6 is 45.8 Å². The van der Waals surface area contributed by atoms with Crippen molar-refractivity contribution in [1.82, 2.24) is 0 Å². The van der Waals surface area contributed by atoms with E-state index < -0.39 is 5.91 Å². The molecule has 0 radical (unpaired) electrons. The van der Waals surface area contributed by atoms with Gasteiger partial charge in [0, 0.05) is 14.8 Å². The third kappa shape index (κ3) is 6.16. The Morgan fingerprint density at radius 1 is 1.12 bits per heavy atom. The van der Waals surface area contributed by atoms with Crippen molar-refractivity contribution in [1.29, 1.82) is 5.26 Å². The molecule has 3 aromatic rings. The van der Waals surface area contributed by atoms with Gasteiger partial charge in [-0.25, -0.2) is 0 Å². The smallest absolute Gasteiger partial charge is 0.266 e. The van der Waals surface area contributed by atoms with Crippen molar-refractivity contribution in [2.45, 2.75) is 6.61 Å². The number of amides is 1. The van der Waals surface area contributed by atoms with Gasteiger partial charge in [0.2, 0.25) is 0 Å². The van der Waals surface area contributed by atoms with E-state index in [0.717, 1.165) is 9.13 Å². The predicted octanol–water partition coefficient (Wildman–Crippen LogP) is 6.73. The molecule has 0 saturated carbocycles. The summed E-state index contributed by atoms with van der Waals surface area (Å²) in [6.07, 6.45) is 1.47. The van der Waals surface area contributed by atoms with Gasteiger partial charge in [0.15, 0.2) is 11.5 Å². The zero-order chi connectivity index (χ0) is 23.1. The van der Waals surface area contributed by atoms with Crippen LogP contribution in [0.15, 0.2) is 66.2 Å². The van der Waals surface area contributed by atoms with Gasteiger partial charge in [-0.3, -0.25) is 4.79 Å². The van der Waals surface area contributed by atoms with Crippen LogP contribution in [0, 0.1) is 14.9 Å². The van der Waals surface area contributed by atoms with Crippen molar-refractivity contribution in [3.63, 3.8) is 0 Å². The van der Waals surface area contributed by atoms with Crippen molar-refractivity contribution in [2.75, 3.05) is 12.4 Å². The van der Waals surface area contributed by atoms with Gasteiger partial charge in [0.25, 0.3) is 5.91 Å². The Bertz CT molecular complexity index is 1220. The van der Waals surface area contributed by atoms with Crippen LogP contribution in [-0.4, -0.2) is 13.0 Å². The van der Waals surface area contributed by atoms with Crippen LogP contribution in [0.25, 0.3) is 6.08 Å². The minimum absolute atomic E-state index is 0.0727. The van der Waals surface area contributed by atoms with E-state index in [1.165, 1.54) is 13.2 Å². The van der Waals surface area contributed by atoms with Crippen LogP contribution in [0.5, 0.6) is 11.5 Å². The Labute approximate surface area is 209 Å². The van der Waals surface area contributed by atoms with Gasteiger partial charge in [-0.1, -0.05) is 47.5 Å². The number of nitrogens with one attached hydrogen (secondary N) is 1. The number of nitriles is 1. The molecule has 8 heteroatoms. The third-order valence-corrected chi connectivity index (χ3v) is 5.75. The highest BCUT2D eigenvalue weighted by Crippen LogP contribution is 2.34. The Kier molecular flexibility index (Phi) is 8.39.